The molecule has 1 saturated heterocycles. The number of nitrogens with zero attached hydrogens (tertiary/aromatic N) is 2. The molecule has 1 aliphatic heterocycles. The number of aromatic amines is 2. The van der Waals surface area contributed by atoms with Crippen LogP contribution in [0.3, 0.4) is 0 Å². The molecule has 11 heteroatoms. The molecule has 2 aromatic heterocycles. The van der Waals surface area contributed by atoms with Crippen molar-refractivity contribution in [2.75, 3.05) is 19.7 Å². The fourth-order valence-electron chi connectivity index (χ4n) is 3.30. The summed E-state index contributed by atoms with van der Waals surface area (Å²) in [4.78, 5) is 46.0. The van der Waals surface area contributed by atoms with Gasteiger partial charge in [0.2, 0.25) is 0 Å². The van der Waals surface area contributed by atoms with Crippen molar-refractivity contribution in [1.82, 2.24) is 19.9 Å². The van der Waals surface area contributed by atoms with Crippen molar-refractivity contribution in [3.63, 3.8) is 0 Å². The van der Waals surface area contributed by atoms with Gasteiger partial charge >= 0.3 is 11.9 Å². The molecule has 0 spiro atoms. The van der Waals surface area contributed by atoms with Gasteiger partial charge in [-0.05, 0) is 23.8 Å². The van der Waals surface area contributed by atoms with Crippen molar-refractivity contribution >= 4 is 16.9 Å². The Balaban J connectivity index is 1.59. The second kappa shape index (κ2) is 7.41. The molecule has 4 rings (SSSR count). The van der Waals surface area contributed by atoms with Crippen LogP contribution in [0.5, 0.6) is 0 Å². The fourth-order valence-corrected chi connectivity index (χ4v) is 3.30. The number of halogens is 3. The Morgan fingerprint density at radius 1 is 1.20 bits per heavy atom. The third kappa shape index (κ3) is 3.83. The molecular formula is C19H15F3N4O4. The van der Waals surface area contributed by atoms with E-state index in [1.807, 2.05) is 0 Å². The molecule has 0 bridgehead atoms. The van der Waals surface area contributed by atoms with E-state index in [1.165, 1.54) is 29.3 Å². The minimum absolute atomic E-state index is 0.0418. The zero-order valence-corrected chi connectivity index (χ0v) is 15.3. The normalized spacial score (nSPS) is 17.3. The van der Waals surface area contributed by atoms with Gasteiger partial charge < -0.3 is 9.64 Å². The van der Waals surface area contributed by atoms with Crippen molar-refractivity contribution < 1.29 is 22.7 Å². The van der Waals surface area contributed by atoms with Crippen LogP contribution in [0.4, 0.5) is 13.2 Å². The number of hydrogen-bond acceptors (Lipinski definition) is 5. The molecular weight excluding hydrogens is 405 g/mol. The summed E-state index contributed by atoms with van der Waals surface area (Å²) in [6, 6.07) is 6.10. The number of ether oxygens (including phenoxy) is 1. The molecule has 1 fully saturated rings. The van der Waals surface area contributed by atoms with E-state index in [2.05, 4.69) is 15.0 Å². The summed E-state index contributed by atoms with van der Waals surface area (Å²) < 4.78 is 44.5. The van der Waals surface area contributed by atoms with Gasteiger partial charge in [0.25, 0.3) is 11.5 Å². The first-order valence-corrected chi connectivity index (χ1v) is 8.93. The highest BCUT2D eigenvalue weighted by molar-refractivity contribution is 5.96. The van der Waals surface area contributed by atoms with Crippen LogP contribution in [-0.2, 0) is 10.9 Å². The van der Waals surface area contributed by atoms with E-state index in [1.54, 1.807) is 0 Å². The first-order valence-electron chi connectivity index (χ1n) is 8.93. The second-order valence-electron chi connectivity index (χ2n) is 6.76. The lowest BCUT2D eigenvalue weighted by Gasteiger charge is -2.33. The number of morpholine rings is 1. The Morgan fingerprint density at radius 3 is 2.77 bits per heavy atom. The monoisotopic (exact) mass is 420 g/mol. The maximum Gasteiger partial charge on any atom is 0.416 e. The van der Waals surface area contributed by atoms with Crippen LogP contribution >= 0.6 is 0 Å². The van der Waals surface area contributed by atoms with Crippen molar-refractivity contribution in [3.05, 3.63) is 74.1 Å². The molecule has 0 aliphatic carbocycles. The maximum absolute atomic E-state index is 13.0. The zero-order chi connectivity index (χ0) is 21.5. The molecule has 8 nitrogen and oxygen atoms in total. The number of benzene rings is 1. The summed E-state index contributed by atoms with van der Waals surface area (Å²) in [5, 5.41) is 0.0446. The minimum Gasteiger partial charge on any atom is -0.370 e. The largest absolute Gasteiger partial charge is 0.416 e. The number of pyridine rings is 1. The number of aromatic nitrogens is 3. The van der Waals surface area contributed by atoms with Crippen LogP contribution in [0, 0.1) is 0 Å². The first kappa shape index (κ1) is 19.8. The summed E-state index contributed by atoms with van der Waals surface area (Å²) >= 11 is 0. The standard InChI is InChI=1S/C19H15F3N4O4/c20-19(21,22)12-3-1-2-10(6-12)14-9-26(4-5-30-14)17(28)11-7-13-15(23-8-11)24-18(29)25-16(13)27/h1-3,6-8,14H,4-5,9H2,(H2,23,24,25,27,29). The highest BCUT2D eigenvalue weighted by Crippen LogP contribution is 2.32. The molecule has 1 unspecified atom stereocenters. The van der Waals surface area contributed by atoms with E-state index in [0.29, 0.717) is 5.56 Å². The third-order valence-corrected chi connectivity index (χ3v) is 4.78. The van der Waals surface area contributed by atoms with Crippen LogP contribution in [0.1, 0.15) is 27.6 Å². The first-order chi connectivity index (χ1) is 14.2. The van der Waals surface area contributed by atoms with Crippen LogP contribution in [0.15, 0.2) is 46.1 Å². The average molecular weight is 420 g/mol. The summed E-state index contributed by atoms with van der Waals surface area (Å²) in [6.07, 6.45) is -3.97. The molecule has 0 saturated carbocycles. The van der Waals surface area contributed by atoms with Gasteiger partial charge in [-0.3, -0.25) is 19.6 Å². The predicted octanol–water partition coefficient (Wildman–Crippen LogP) is 1.84. The van der Waals surface area contributed by atoms with Crippen molar-refractivity contribution in [2.45, 2.75) is 12.3 Å². The number of carbonyl (C=O) groups is 1. The average Bonchev–Trinajstić information content (AvgIpc) is 2.72. The third-order valence-electron chi connectivity index (χ3n) is 4.78. The number of fused-ring (bicyclic) bond motifs is 1. The zero-order valence-electron chi connectivity index (χ0n) is 15.3. The number of nitrogens with one attached hydrogen (secondary N) is 2. The number of alkyl halides is 3. The molecule has 1 aromatic carbocycles. The Labute approximate surface area is 166 Å². The fraction of sp³-hybridized carbons (Fsp3) is 0.263. The lowest BCUT2D eigenvalue weighted by atomic mass is 10.0. The Morgan fingerprint density at radius 2 is 2.00 bits per heavy atom. The molecule has 3 heterocycles. The molecule has 3 aromatic rings. The molecule has 156 valence electrons. The summed E-state index contributed by atoms with van der Waals surface area (Å²) in [6.45, 7) is 0.413. The van der Waals surface area contributed by atoms with E-state index in [0.717, 1.165) is 12.1 Å². The lowest BCUT2D eigenvalue weighted by Crippen LogP contribution is -2.42. The van der Waals surface area contributed by atoms with Gasteiger partial charge in [0.1, 0.15) is 11.8 Å². The van der Waals surface area contributed by atoms with E-state index in [-0.39, 0.29) is 36.3 Å². The topological polar surface area (TPSA) is 108 Å². The van der Waals surface area contributed by atoms with Crippen molar-refractivity contribution in [2.24, 2.45) is 0 Å². The number of carbonyl (C=O) groups excluding carboxylic acids is 1. The SMILES string of the molecule is O=C(c1cnc2[nH]c(=O)[nH]c(=O)c2c1)N1CCOC(c2cccc(C(F)(F)F)c2)C1. The summed E-state index contributed by atoms with van der Waals surface area (Å²) in [5.74, 6) is -0.449. The van der Waals surface area contributed by atoms with Gasteiger partial charge in [-0.25, -0.2) is 9.78 Å². The van der Waals surface area contributed by atoms with Gasteiger partial charge in [0, 0.05) is 12.7 Å². The molecule has 1 atom stereocenters. The van der Waals surface area contributed by atoms with Crippen molar-refractivity contribution in [3.8, 4) is 0 Å². The highest BCUT2D eigenvalue weighted by atomic mass is 19.4. The van der Waals surface area contributed by atoms with Gasteiger partial charge in [0.15, 0.2) is 0 Å². The quantitative estimate of drug-likeness (QED) is 0.658. The molecule has 30 heavy (non-hydrogen) atoms. The maximum atomic E-state index is 13.0. The Hall–Kier alpha value is -3.47. The van der Waals surface area contributed by atoms with Crippen LogP contribution in [-0.4, -0.2) is 45.5 Å². The van der Waals surface area contributed by atoms with E-state index >= 15 is 0 Å². The van der Waals surface area contributed by atoms with Gasteiger partial charge in [0.05, 0.1) is 29.7 Å². The van der Waals surface area contributed by atoms with E-state index in [4.69, 9.17) is 4.74 Å². The lowest BCUT2D eigenvalue weighted by molar-refractivity contribution is -0.137. The molecule has 2 N–H and O–H groups in total. The molecule has 1 amide bonds. The van der Waals surface area contributed by atoms with E-state index in [9.17, 15) is 27.6 Å². The Bertz CT molecular complexity index is 1230. The number of hydrogen-bond donors (Lipinski definition) is 2. The van der Waals surface area contributed by atoms with Crippen LogP contribution in [0.25, 0.3) is 11.0 Å². The minimum atomic E-state index is -4.48. The van der Waals surface area contributed by atoms with Gasteiger partial charge in [-0.1, -0.05) is 12.1 Å². The summed E-state index contributed by atoms with van der Waals surface area (Å²) in [7, 11) is 0. The second-order valence-corrected chi connectivity index (χ2v) is 6.76. The summed E-state index contributed by atoms with van der Waals surface area (Å²) in [5.41, 5.74) is -1.71. The van der Waals surface area contributed by atoms with Gasteiger partial charge in [-0.15, -0.1) is 0 Å². The van der Waals surface area contributed by atoms with Crippen LogP contribution < -0.4 is 11.2 Å². The van der Waals surface area contributed by atoms with Crippen molar-refractivity contribution in [1.29, 1.82) is 0 Å². The van der Waals surface area contributed by atoms with Gasteiger partial charge in [-0.2, -0.15) is 13.2 Å². The smallest absolute Gasteiger partial charge is 0.370 e. The number of amides is 1. The van der Waals surface area contributed by atoms with E-state index < -0.39 is 35.0 Å². The van der Waals surface area contributed by atoms with Crippen LogP contribution in [0.2, 0.25) is 0 Å². The number of H-pyrrole nitrogens is 2. The molecule has 0 radical (unpaired) electrons. The highest BCUT2D eigenvalue weighted by Gasteiger charge is 2.32. The predicted molar refractivity (Wildman–Crippen MR) is 99.0 cm³/mol. The Kier molecular flexibility index (Phi) is 4.90. The molecule has 1 aliphatic rings. The number of rotatable bonds is 2.